The van der Waals surface area contributed by atoms with Crippen LogP contribution in [0.5, 0.6) is 11.5 Å². The summed E-state index contributed by atoms with van der Waals surface area (Å²) in [6.45, 7) is 2.55. The van der Waals surface area contributed by atoms with Gasteiger partial charge >= 0.3 is 0 Å². The van der Waals surface area contributed by atoms with Crippen molar-refractivity contribution in [2.24, 2.45) is 0 Å². The van der Waals surface area contributed by atoms with Gasteiger partial charge in [-0.15, -0.1) is 0 Å². The van der Waals surface area contributed by atoms with E-state index in [1.54, 1.807) is 19.2 Å². The van der Waals surface area contributed by atoms with Crippen molar-refractivity contribution in [3.63, 3.8) is 0 Å². The molecule has 1 saturated heterocycles. The van der Waals surface area contributed by atoms with Crippen LogP contribution in [-0.4, -0.2) is 32.2 Å². The molecule has 1 aromatic carbocycles. The van der Waals surface area contributed by atoms with Crippen molar-refractivity contribution < 1.29 is 19.0 Å². The van der Waals surface area contributed by atoms with E-state index in [4.69, 9.17) is 14.2 Å². The summed E-state index contributed by atoms with van der Waals surface area (Å²) in [5.74, 6) is 1.15. The number of rotatable bonds is 5. The second-order valence-corrected chi connectivity index (χ2v) is 5.46. The fraction of sp³-hybridized carbons (Fsp3) is 0.500. The van der Waals surface area contributed by atoms with Gasteiger partial charge in [0, 0.05) is 5.56 Å². The van der Waals surface area contributed by atoms with Crippen LogP contribution in [0.2, 0.25) is 0 Å². The van der Waals surface area contributed by atoms with Crippen molar-refractivity contribution in [3.8, 4) is 11.5 Å². The molecule has 2 unspecified atom stereocenters. The third-order valence-electron chi connectivity index (χ3n) is 3.12. The van der Waals surface area contributed by atoms with Gasteiger partial charge in [-0.1, -0.05) is 0 Å². The number of carbonyl (C=O) groups excluding carboxylic acids is 1. The summed E-state index contributed by atoms with van der Waals surface area (Å²) < 4.78 is 17.4. The van der Waals surface area contributed by atoms with Crippen molar-refractivity contribution >= 4 is 22.2 Å². The summed E-state index contributed by atoms with van der Waals surface area (Å²) >= 11 is 3.40. The number of carbonyl (C=O) groups is 1. The Kier molecular flexibility index (Phi) is 4.82. The standard InChI is InChI=1S/C14H17BrO4/c1-9-3-4-11(19-9)8-18-14-12(15)5-10(7-16)6-13(14)17-2/h5-7,9,11H,3-4,8H2,1-2H3. The second-order valence-electron chi connectivity index (χ2n) is 4.61. The van der Waals surface area contributed by atoms with E-state index in [-0.39, 0.29) is 6.10 Å². The molecule has 1 heterocycles. The molecule has 0 spiro atoms. The Balaban J connectivity index is 2.08. The summed E-state index contributed by atoms with van der Waals surface area (Å²) in [5, 5.41) is 0. The van der Waals surface area contributed by atoms with Crippen molar-refractivity contribution in [1.29, 1.82) is 0 Å². The molecule has 1 aliphatic rings. The molecule has 2 rings (SSSR count). The van der Waals surface area contributed by atoms with E-state index < -0.39 is 0 Å². The molecule has 0 saturated carbocycles. The molecule has 1 fully saturated rings. The van der Waals surface area contributed by atoms with Crippen LogP contribution in [0.4, 0.5) is 0 Å². The number of halogens is 1. The van der Waals surface area contributed by atoms with Crippen LogP contribution in [-0.2, 0) is 4.74 Å². The molecule has 1 aliphatic heterocycles. The third-order valence-corrected chi connectivity index (χ3v) is 3.71. The Morgan fingerprint density at radius 2 is 2.26 bits per heavy atom. The largest absolute Gasteiger partial charge is 0.493 e. The van der Waals surface area contributed by atoms with Crippen molar-refractivity contribution in [2.75, 3.05) is 13.7 Å². The second kappa shape index (κ2) is 6.39. The predicted molar refractivity (Wildman–Crippen MR) is 75.1 cm³/mol. The summed E-state index contributed by atoms with van der Waals surface area (Å²) in [7, 11) is 1.55. The Morgan fingerprint density at radius 3 is 2.84 bits per heavy atom. The molecule has 0 N–H and O–H groups in total. The maximum Gasteiger partial charge on any atom is 0.175 e. The van der Waals surface area contributed by atoms with Gasteiger partial charge in [-0.3, -0.25) is 4.79 Å². The Hall–Kier alpha value is -1.07. The van der Waals surface area contributed by atoms with Crippen molar-refractivity contribution in [2.45, 2.75) is 32.0 Å². The normalized spacial score (nSPS) is 22.3. The first-order valence-electron chi connectivity index (χ1n) is 6.25. The van der Waals surface area contributed by atoms with E-state index in [0.717, 1.165) is 19.1 Å². The van der Waals surface area contributed by atoms with E-state index in [1.807, 2.05) is 0 Å². The van der Waals surface area contributed by atoms with Gasteiger partial charge in [0.25, 0.3) is 0 Å². The zero-order chi connectivity index (χ0) is 13.8. The first-order valence-corrected chi connectivity index (χ1v) is 7.04. The van der Waals surface area contributed by atoms with Crippen LogP contribution in [0, 0.1) is 0 Å². The molecule has 0 radical (unpaired) electrons. The summed E-state index contributed by atoms with van der Waals surface area (Å²) in [5.41, 5.74) is 0.543. The number of aldehydes is 1. The Labute approximate surface area is 121 Å². The number of benzene rings is 1. The molecule has 0 aliphatic carbocycles. The zero-order valence-electron chi connectivity index (χ0n) is 11.0. The van der Waals surface area contributed by atoms with Gasteiger partial charge in [0.15, 0.2) is 11.5 Å². The maximum atomic E-state index is 10.8. The van der Waals surface area contributed by atoms with Gasteiger partial charge in [-0.25, -0.2) is 0 Å². The predicted octanol–water partition coefficient (Wildman–Crippen LogP) is 3.22. The van der Waals surface area contributed by atoms with Gasteiger partial charge in [0.1, 0.15) is 12.9 Å². The maximum absolute atomic E-state index is 10.8. The molecule has 2 atom stereocenters. The highest BCUT2D eigenvalue weighted by molar-refractivity contribution is 9.10. The molecule has 1 aromatic rings. The minimum absolute atomic E-state index is 0.123. The quantitative estimate of drug-likeness (QED) is 0.778. The van der Waals surface area contributed by atoms with Crippen LogP contribution in [0.25, 0.3) is 0 Å². The van der Waals surface area contributed by atoms with Crippen LogP contribution < -0.4 is 9.47 Å². The highest BCUT2D eigenvalue weighted by atomic mass is 79.9. The van der Waals surface area contributed by atoms with E-state index in [9.17, 15) is 4.79 Å². The number of hydrogen-bond acceptors (Lipinski definition) is 4. The van der Waals surface area contributed by atoms with Gasteiger partial charge in [0.05, 0.1) is 23.8 Å². The fourth-order valence-electron chi connectivity index (χ4n) is 2.13. The monoisotopic (exact) mass is 328 g/mol. The molecule has 0 bridgehead atoms. The van der Waals surface area contributed by atoms with Crippen LogP contribution >= 0.6 is 15.9 Å². The average Bonchev–Trinajstić information content (AvgIpc) is 2.82. The molecule has 104 valence electrons. The zero-order valence-corrected chi connectivity index (χ0v) is 12.6. The first-order chi connectivity index (χ1) is 9.13. The smallest absolute Gasteiger partial charge is 0.175 e. The third kappa shape index (κ3) is 3.48. The summed E-state index contributed by atoms with van der Waals surface area (Å²) in [4.78, 5) is 10.8. The van der Waals surface area contributed by atoms with E-state index in [0.29, 0.717) is 34.2 Å². The topological polar surface area (TPSA) is 44.8 Å². The highest BCUT2D eigenvalue weighted by Crippen LogP contribution is 2.36. The van der Waals surface area contributed by atoms with Crippen molar-refractivity contribution in [3.05, 3.63) is 22.2 Å². The average molecular weight is 329 g/mol. The van der Waals surface area contributed by atoms with Gasteiger partial charge in [-0.05, 0) is 47.8 Å². The lowest BCUT2D eigenvalue weighted by Crippen LogP contribution is -2.18. The van der Waals surface area contributed by atoms with Crippen LogP contribution in [0.1, 0.15) is 30.1 Å². The van der Waals surface area contributed by atoms with Crippen LogP contribution in [0.15, 0.2) is 16.6 Å². The molecule has 19 heavy (non-hydrogen) atoms. The molecule has 0 amide bonds. The molecule has 5 heteroatoms. The lowest BCUT2D eigenvalue weighted by atomic mass is 10.2. The number of hydrogen-bond donors (Lipinski definition) is 0. The fourth-order valence-corrected chi connectivity index (χ4v) is 2.71. The molecule has 4 nitrogen and oxygen atoms in total. The first kappa shape index (κ1) is 14.3. The lowest BCUT2D eigenvalue weighted by Gasteiger charge is -2.16. The summed E-state index contributed by atoms with van der Waals surface area (Å²) in [6, 6.07) is 3.37. The molecular weight excluding hydrogens is 312 g/mol. The lowest BCUT2D eigenvalue weighted by molar-refractivity contribution is 0.0257. The minimum atomic E-state index is 0.123. The van der Waals surface area contributed by atoms with Gasteiger partial charge < -0.3 is 14.2 Å². The van der Waals surface area contributed by atoms with Crippen LogP contribution in [0.3, 0.4) is 0 Å². The number of methoxy groups -OCH3 is 1. The van der Waals surface area contributed by atoms with Gasteiger partial charge in [-0.2, -0.15) is 0 Å². The minimum Gasteiger partial charge on any atom is -0.493 e. The van der Waals surface area contributed by atoms with E-state index in [1.165, 1.54) is 0 Å². The Bertz CT molecular complexity index is 461. The van der Waals surface area contributed by atoms with E-state index >= 15 is 0 Å². The SMILES string of the molecule is COc1cc(C=O)cc(Br)c1OCC1CCC(C)O1. The van der Waals surface area contributed by atoms with E-state index in [2.05, 4.69) is 22.9 Å². The van der Waals surface area contributed by atoms with Gasteiger partial charge in [0.2, 0.25) is 0 Å². The molecular formula is C14H17BrO4. The molecule has 0 aromatic heterocycles. The number of ether oxygens (including phenoxy) is 3. The summed E-state index contributed by atoms with van der Waals surface area (Å²) in [6.07, 6.45) is 3.27. The highest BCUT2D eigenvalue weighted by Gasteiger charge is 2.23. The Morgan fingerprint density at radius 1 is 1.47 bits per heavy atom. The van der Waals surface area contributed by atoms with Crippen molar-refractivity contribution in [1.82, 2.24) is 0 Å².